The molecule has 3 aromatic rings. The first-order valence-electron chi connectivity index (χ1n) is 10.7. The molecule has 8 nitrogen and oxygen atoms in total. The smallest absolute Gasteiger partial charge is 0.337 e. The Kier molecular flexibility index (Phi) is 7.46. The van der Waals surface area contributed by atoms with E-state index in [1.165, 1.54) is 0 Å². The van der Waals surface area contributed by atoms with E-state index in [1.54, 1.807) is 91.0 Å². The van der Waals surface area contributed by atoms with Crippen molar-refractivity contribution in [2.75, 3.05) is 0 Å². The summed E-state index contributed by atoms with van der Waals surface area (Å²) in [5, 5.41) is 29.6. The van der Waals surface area contributed by atoms with E-state index in [-0.39, 0.29) is 0 Å². The number of rotatable bonds is 10. The molecule has 0 saturated heterocycles. The number of ketones is 1. The van der Waals surface area contributed by atoms with Crippen LogP contribution in [0.2, 0.25) is 0 Å². The zero-order valence-corrected chi connectivity index (χ0v) is 18.8. The summed E-state index contributed by atoms with van der Waals surface area (Å²) in [5.41, 5.74) is -3.39. The van der Waals surface area contributed by atoms with Crippen LogP contribution < -0.4 is 0 Å². The molecule has 180 valence electrons. The van der Waals surface area contributed by atoms with Gasteiger partial charge in [-0.25, -0.2) is 4.79 Å². The van der Waals surface area contributed by atoms with Crippen LogP contribution in [0.5, 0.6) is 0 Å². The summed E-state index contributed by atoms with van der Waals surface area (Å²) in [6, 6.07) is 25.9. The molecule has 0 aliphatic heterocycles. The van der Waals surface area contributed by atoms with Crippen LogP contribution in [-0.2, 0) is 29.5 Å². The molecular weight excluding hydrogens is 452 g/mol. The number of ether oxygens (including phenoxy) is 1. The Bertz CT molecular complexity index is 1110. The van der Waals surface area contributed by atoms with E-state index in [9.17, 15) is 34.5 Å². The number of aliphatic carboxylic acids is 2. The lowest BCUT2D eigenvalue weighted by Gasteiger charge is -2.37. The van der Waals surface area contributed by atoms with Gasteiger partial charge in [-0.2, -0.15) is 0 Å². The van der Waals surface area contributed by atoms with Crippen molar-refractivity contribution in [1.29, 1.82) is 0 Å². The van der Waals surface area contributed by atoms with Gasteiger partial charge in [0.1, 0.15) is 5.78 Å². The Hall–Kier alpha value is -4.30. The van der Waals surface area contributed by atoms with E-state index in [0.717, 1.165) is 6.92 Å². The maximum atomic E-state index is 13.6. The first-order valence-corrected chi connectivity index (χ1v) is 10.7. The lowest BCUT2D eigenvalue weighted by atomic mass is 9.78. The molecule has 0 spiro atoms. The van der Waals surface area contributed by atoms with E-state index in [1.807, 2.05) is 0 Å². The van der Waals surface area contributed by atoms with Gasteiger partial charge in [-0.15, -0.1) is 0 Å². The van der Waals surface area contributed by atoms with Crippen molar-refractivity contribution in [2.45, 2.75) is 24.5 Å². The van der Waals surface area contributed by atoms with Crippen molar-refractivity contribution >= 4 is 23.7 Å². The molecule has 0 bridgehead atoms. The molecule has 0 fully saturated rings. The lowest BCUT2D eigenvalue weighted by Crippen LogP contribution is -2.55. The molecule has 3 aromatic carbocycles. The van der Waals surface area contributed by atoms with Gasteiger partial charge in [0.2, 0.25) is 0 Å². The molecule has 8 heteroatoms. The number of esters is 1. The van der Waals surface area contributed by atoms with Crippen LogP contribution in [0.4, 0.5) is 0 Å². The lowest BCUT2D eigenvalue weighted by molar-refractivity contribution is -0.186. The predicted molar refractivity (Wildman–Crippen MR) is 124 cm³/mol. The third-order valence-electron chi connectivity index (χ3n) is 5.71. The van der Waals surface area contributed by atoms with Crippen LogP contribution in [0.15, 0.2) is 91.0 Å². The minimum Gasteiger partial charge on any atom is -0.481 e. The number of carbonyl (C=O) groups is 4. The monoisotopic (exact) mass is 476 g/mol. The molecule has 0 amide bonds. The summed E-state index contributed by atoms with van der Waals surface area (Å²) in [5.74, 6) is -8.45. The number of aliphatic hydroxyl groups is 1. The largest absolute Gasteiger partial charge is 0.481 e. The molecule has 0 aromatic heterocycles. The predicted octanol–water partition coefficient (Wildman–Crippen LogP) is 3.02. The summed E-state index contributed by atoms with van der Waals surface area (Å²) >= 11 is 0. The highest BCUT2D eigenvalue weighted by Gasteiger charge is 2.55. The molecule has 0 heterocycles. The van der Waals surface area contributed by atoms with Crippen LogP contribution in [0.25, 0.3) is 0 Å². The minimum absolute atomic E-state index is 0.491. The molecule has 0 aliphatic rings. The minimum atomic E-state index is -3.22. The molecule has 0 aliphatic carbocycles. The highest BCUT2D eigenvalue weighted by molar-refractivity contribution is 6.05. The van der Waals surface area contributed by atoms with Crippen LogP contribution in [0.3, 0.4) is 0 Å². The van der Waals surface area contributed by atoms with E-state index >= 15 is 0 Å². The van der Waals surface area contributed by atoms with Crippen molar-refractivity contribution < 1.29 is 39.2 Å². The second-order valence-corrected chi connectivity index (χ2v) is 8.04. The zero-order chi connectivity index (χ0) is 25.6. The van der Waals surface area contributed by atoms with Gasteiger partial charge in [-0.1, -0.05) is 91.0 Å². The fourth-order valence-electron chi connectivity index (χ4n) is 4.13. The third kappa shape index (κ3) is 4.97. The Balaban J connectivity index is 2.27. The average Bonchev–Trinajstić information content (AvgIpc) is 2.83. The maximum absolute atomic E-state index is 13.6. The molecule has 35 heavy (non-hydrogen) atoms. The zero-order valence-electron chi connectivity index (χ0n) is 18.8. The number of hydrogen-bond donors (Lipinski definition) is 3. The van der Waals surface area contributed by atoms with E-state index in [2.05, 4.69) is 0 Å². The van der Waals surface area contributed by atoms with Gasteiger partial charge in [0, 0.05) is 16.7 Å². The average molecular weight is 476 g/mol. The summed E-state index contributed by atoms with van der Waals surface area (Å²) < 4.78 is 6.02. The number of Topliss-reactive ketones (excluding diaryl/α,β-unsaturated/α-hetero) is 1. The first kappa shape index (κ1) is 25.3. The molecule has 0 saturated carbocycles. The molecule has 2 atom stereocenters. The topological polar surface area (TPSA) is 138 Å². The summed E-state index contributed by atoms with van der Waals surface area (Å²) in [7, 11) is 0. The number of benzene rings is 3. The summed E-state index contributed by atoms with van der Waals surface area (Å²) in [6.45, 7) is 0.900. The van der Waals surface area contributed by atoms with Gasteiger partial charge < -0.3 is 20.1 Å². The normalized spacial score (nSPS) is 13.8. The van der Waals surface area contributed by atoms with Gasteiger partial charge in [0.15, 0.2) is 17.1 Å². The van der Waals surface area contributed by atoms with Crippen molar-refractivity contribution in [2.24, 2.45) is 5.92 Å². The van der Waals surface area contributed by atoms with Gasteiger partial charge in [-0.05, 0) is 6.92 Å². The Morgan fingerprint density at radius 1 is 0.743 bits per heavy atom. The highest BCUT2D eigenvalue weighted by atomic mass is 16.6. The fraction of sp³-hybridized carbons (Fsp3) is 0.185. The number of carboxylic acid groups (broad SMARTS) is 2. The van der Waals surface area contributed by atoms with Crippen LogP contribution in [-0.4, -0.2) is 44.6 Å². The highest BCUT2D eigenvalue weighted by Crippen LogP contribution is 2.42. The van der Waals surface area contributed by atoms with E-state index in [4.69, 9.17) is 4.74 Å². The van der Waals surface area contributed by atoms with Crippen LogP contribution in [0.1, 0.15) is 30.0 Å². The quantitative estimate of drug-likeness (QED) is 0.231. The second-order valence-electron chi connectivity index (χ2n) is 8.04. The maximum Gasteiger partial charge on any atom is 0.337 e. The Labute approximate surface area is 201 Å². The molecule has 3 rings (SSSR count). The standard InChI is InChI=1S/C27H24O8/c1-18(28)23(26(34,25(32)33)17-22(29)30)24(31)35-27(19-11-5-2-6-12-19,20-13-7-3-8-14-20)21-15-9-4-10-16-21/h2-16,23,34H,17H2,1H3,(H,29,30)(H,32,33). The van der Waals surface area contributed by atoms with Crippen molar-refractivity contribution in [3.8, 4) is 0 Å². The number of hydrogen-bond acceptors (Lipinski definition) is 6. The molecule has 3 N–H and O–H groups in total. The second kappa shape index (κ2) is 10.3. The Morgan fingerprint density at radius 2 is 1.11 bits per heavy atom. The third-order valence-corrected chi connectivity index (χ3v) is 5.71. The summed E-state index contributed by atoms with van der Waals surface area (Å²) in [4.78, 5) is 49.3. The number of carboxylic acids is 2. The summed E-state index contributed by atoms with van der Waals surface area (Å²) in [6.07, 6.45) is -1.38. The van der Waals surface area contributed by atoms with E-state index < -0.39 is 47.2 Å². The van der Waals surface area contributed by atoms with Crippen LogP contribution in [0, 0.1) is 5.92 Å². The first-order chi connectivity index (χ1) is 16.6. The van der Waals surface area contributed by atoms with Gasteiger partial charge in [0.05, 0.1) is 6.42 Å². The van der Waals surface area contributed by atoms with Gasteiger partial charge in [-0.3, -0.25) is 14.4 Å². The fourth-order valence-corrected chi connectivity index (χ4v) is 4.13. The van der Waals surface area contributed by atoms with Crippen molar-refractivity contribution in [3.05, 3.63) is 108 Å². The number of carbonyl (C=O) groups excluding carboxylic acids is 2. The molecule has 2 unspecified atom stereocenters. The van der Waals surface area contributed by atoms with Gasteiger partial charge in [0.25, 0.3) is 0 Å². The SMILES string of the molecule is CC(=O)C(C(=O)OC(c1ccccc1)(c1ccccc1)c1ccccc1)C(O)(CC(=O)O)C(=O)O. The van der Waals surface area contributed by atoms with Crippen LogP contribution >= 0.6 is 0 Å². The van der Waals surface area contributed by atoms with E-state index in [0.29, 0.717) is 16.7 Å². The van der Waals surface area contributed by atoms with Crippen molar-refractivity contribution in [1.82, 2.24) is 0 Å². The molecular formula is C27H24O8. The molecule has 0 radical (unpaired) electrons. The Morgan fingerprint density at radius 3 is 1.40 bits per heavy atom. The van der Waals surface area contributed by atoms with Gasteiger partial charge >= 0.3 is 17.9 Å². The van der Waals surface area contributed by atoms with Crippen molar-refractivity contribution in [3.63, 3.8) is 0 Å².